The molecule has 174 valence electrons. The van der Waals surface area contributed by atoms with Crippen LogP contribution in [-0.2, 0) is 30.4 Å². The Morgan fingerprint density at radius 3 is 2.47 bits per heavy atom. The fourth-order valence-electron chi connectivity index (χ4n) is 3.76. The maximum atomic E-state index is 12.9. The summed E-state index contributed by atoms with van der Waals surface area (Å²) in [4.78, 5) is 13.1. The van der Waals surface area contributed by atoms with Gasteiger partial charge in [0.1, 0.15) is 0 Å². The predicted octanol–water partition coefficient (Wildman–Crippen LogP) is 3.16. The van der Waals surface area contributed by atoms with Crippen molar-refractivity contribution in [3.05, 3.63) is 64.7 Å². The molecule has 0 aromatic heterocycles. The number of hydrogen-bond donors (Lipinski definition) is 1. The molecule has 0 radical (unpaired) electrons. The molecule has 0 bridgehead atoms. The lowest BCUT2D eigenvalue weighted by Crippen LogP contribution is -2.46. The van der Waals surface area contributed by atoms with E-state index < -0.39 is 25.8 Å². The van der Waals surface area contributed by atoms with Gasteiger partial charge in [-0.3, -0.25) is 4.79 Å². The number of hydrogen-bond acceptors (Lipinski definition) is 5. The Labute approximate surface area is 194 Å². The molecule has 1 N–H and O–H groups in total. The van der Waals surface area contributed by atoms with E-state index in [0.29, 0.717) is 30.0 Å². The maximum absolute atomic E-state index is 12.9. The van der Waals surface area contributed by atoms with Gasteiger partial charge in [0.15, 0.2) is 9.84 Å². The fraction of sp³-hybridized carbons (Fsp3) is 0.409. The summed E-state index contributed by atoms with van der Waals surface area (Å²) in [6.45, 7) is 2.33. The van der Waals surface area contributed by atoms with Gasteiger partial charge < -0.3 is 5.32 Å². The van der Waals surface area contributed by atoms with Crippen LogP contribution < -0.4 is 5.32 Å². The van der Waals surface area contributed by atoms with E-state index in [1.807, 2.05) is 6.92 Å². The van der Waals surface area contributed by atoms with Gasteiger partial charge in [-0.25, -0.2) is 21.1 Å². The van der Waals surface area contributed by atoms with Crippen molar-refractivity contribution < 1.29 is 21.6 Å². The van der Waals surface area contributed by atoms with Gasteiger partial charge in [0.2, 0.25) is 15.9 Å². The topological polar surface area (TPSA) is 101 Å². The first-order valence-corrected chi connectivity index (χ1v) is 14.2. The van der Waals surface area contributed by atoms with Crippen molar-refractivity contribution in [1.82, 2.24) is 9.62 Å². The largest absolute Gasteiger partial charge is 0.349 e. The molecule has 1 saturated heterocycles. The summed E-state index contributed by atoms with van der Waals surface area (Å²) < 4.78 is 50.4. The van der Waals surface area contributed by atoms with Crippen LogP contribution in [0.3, 0.4) is 0 Å². The highest BCUT2D eigenvalue weighted by molar-refractivity contribution is 7.90. The Bertz CT molecular complexity index is 1180. The number of sulfone groups is 1. The molecule has 7 nitrogen and oxygen atoms in total. The molecule has 2 aromatic rings. The summed E-state index contributed by atoms with van der Waals surface area (Å²) in [5.74, 6) is -0.826. The molecule has 1 aliphatic heterocycles. The number of piperidine rings is 1. The minimum absolute atomic E-state index is 0.133. The van der Waals surface area contributed by atoms with Crippen LogP contribution in [0.2, 0.25) is 5.02 Å². The molecule has 0 aliphatic carbocycles. The lowest BCUT2D eigenvalue weighted by atomic mass is 9.98. The molecular weight excluding hydrogens is 472 g/mol. The van der Waals surface area contributed by atoms with E-state index in [0.717, 1.165) is 11.8 Å². The number of sulfonamides is 1. The Morgan fingerprint density at radius 1 is 1.16 bits per heavy atom. The minimum Gasteiger partial charge on any atom is -0.349 e. The van der Waals surface area contributed by atoms with Crippen molar-refractivity contribution in [1.29, 1.82) is 0 Å². The second-order valence-corrected chi connectivity index (χ2v) is 12.6. The third-order valence-corrected chi connectivity index (χ3v) is 8.73. The molecule has 0 saturated carbocycles. The number of carbonyl (C=O) groups is 1. The van der Waals surface area contributed by atoms with Crippen molar-refractivity contribution in [2.75, 3.05) is 19.3 Å². The van der Waals surface area contributed by atoms with Crippen LogP contribution >= 0.6 is 11.6 Å². The summed E-state index contributed by atoms with van der Waals surface area (Å²) in [7, 11) is -6.87. The highest BCUT2D eigenvalue weighted by Gasteiger charge is 2.33. The fourth-order valence-corrected chi connectivity index (χ4v) is 6.20. The zero-order valence-electron chi connectivity index (χ0n) is 18.0. The molecule has 10 heteroatoms. The zero-order chi connectivity index (χ0) is 23.5. The van der Waals surface area contributed by atoms with E-state index in [1.165, 1.54) is 16.4 Å². The van der Waals surface area contributed by atoms with E-state index in [4.69, 9.17) is 11.6 Å². The maximum Gasteiger partial charge on any atom is 0.224 e. The number of benzene rings is 2. The molecule has 3 rings (SSSR count). The van der Waals surface area contributed by atoms with Crippen LogP contribution in [0.25, 0.3) is 0 Å². The van der Waals surface area contributed by atoms with Crippen LogP contribution in [0, 0.1) is 5.92 Å². The third kappa shape index (κ3) is 6.31. The normalized spacial score (nSPS) is 18.8. The highest BCUT2D eigenvalue weighted by Crippen LogP contribution is 2.24. The van der Waals surface area contributed by atoms with Crippen molar-refractivity contribution in [2.24, 2.45) is 5.92 Å². The van der Waals surface area contributed by atoms with Gasteiger partial charge in [-0.05, 0) is 55.2 Å². The van der Waals surface area contributed by atoms with Crippen LogP contribution in [0.15, 0.2) is 53.4 Å². The number of nitrogens with zero attached hydrogens (tertiary/aromatic N) is 1. The standard InChI is InChI=1S/C22H27ClN2O5S2/c1-16(18-8-10-21(11-9-18)31(2,27)28)24-22(26)19-6-4-12-25(14-19)32(29,30)15-17-5-3-7-20(23)13-17/h3,5,7-11,13,16,19H,4,6,12,14-15H2,1-2H3,(H,24,26)/t16-,19+/m0/s1. The van der Waals surface area contributed by atoms with Gasteiger partial charge in [0.05, 0.1) is 22.6 Å². The van der Waals surface area contributed by atoms with Gasteiger partial charge in [-0.1, -0.05) is 35.9 Å². The molecule has 0 spiro atoms. The molecular formula is C22H27ClN2O5S2. The first-order valence-electron chi connectivity index (χ1n) is 10.3. The number of nitrogens with one attached hydrogen (secondary N) is 1. The summed E-state index contributed by atoms with van der Waals surface area (Å²) in [5, 5.41) is 3.40. The van der Waals surface area contributed by atoms with Gasteiger partial charge in [0.25, 0.3) is 0 Å². The lowest BCUT2D eigenvalue weighted by Gasteiger charge is -2.32. The van der Waals surface area contributed by atoms with Crippen LogP contribution in [-0.4, -0.2) is 46.4 Å². The summed E-state index contributed by atoms with van der Waals surface area (Å²) >= 11 is 5.96. The van der Waals surface area contributed by atoms with Gasteiger partial charge in [-0.2, -0.15) is 0 Å². The smallest absolute Gasteiger partial charge is 0.224 e. The minimum atomic E-state index is -3.58. The highest BCUT2D eigenvalue weighted by atomic mass is 35.5. The van der Waals surface area contributed by atoms with Crippen molar-refractivity contribution in [3.63, 3.8) is 0 Å². The van der Waals surface area contributed by atoms with Crippen molar-refractivity contribution >= 4 is 37.4 Å². The van der Waals surface area contributed by atoms with E-state index in [-0.39, 0.29) is 29.1 Å². The second kappa shape index (κ2) is 9.91. The zero-order valence-corrected chi connectivity index (χ0v) is 20.4. The van der Waals surface area contributed by atoms with Crippen molar-refractivity contribution in [3.8, 4) is 0 Å². The first-order chi connectivity index (χ1) is 15.0. The van der Waals surface area contributed by atoms with E-state index in [1.54, 1.807) is 36.4 Å². The van der Waals surface area contributed by atoms with Crippen LogP contribution in [0.4, 0.5) is 0 Å². The van der Waals surface area contributed by atoms with E-state index in [2.05, 4.69) is 5.32 Å². The average Bonchev–Trinajstić information content (AvgIpc) is 2.73. The molecule has 1 amide bonds. The Balaban J connectivity index is 1.63. The lowest BCUT2D eigenvalue weighted by molar-refractivity contribution is -0.126. The van der Waals surface area contributed by atoms with Crippen LogP contribution in [0.5, 0.6) is 0 Å². The molecule has 32 heavy (non-hydrogen) atoms. The number of halogens is 1. The van der Waals surface area contributed by atoms with Gasteiger partial charge in [0, 0.05) is 24.4 Å². The Kier molecular flexibility index (Phi) is 7.65. The molecule has 1 aliphatic rings. The number of amides is 1. The molecule has 2 atom stereocenters. The molecule has 0 unspecified atom stereocenters. The average molecular weight is 499 g/mol. The van der Waals surface area contributed by atoms with E-state index >= 15 is 0 Å². The molecule has 2 aromatic carbocycles. The van der Waals surface area contributed by atoms with Gasteiger partial charge in [-0.15, -0.1) is 0 Å². The SMILES string of the molecule is C[C@H](NC(=O)[C@@H]1CCCN(S(=O)(=O)Cc2cccc(Cl)c2)C1)c1ccc(S(C)(=O)=O)cc1. The molecule has 1 heterocycles. The second-order valence-electron chi connectivity index (χ2n) is 8.15. The summed E-state index contributed by atoms with van der Waals surface area (Å²) in [5.41, 5.74) is 1.38. The summed E-state index contributed by atoms with van der Waals surface area (Å²) in [6, 6.07) is 12.8. The van der Waals surface area contributed by atoms with E-state index in [9.17, 15) is 21.6 Å². The first kappa shape index (κ1) is 24.7. The summed E-state index contributed by atoms with van der Waals surface area (Å²) in [6.07, 6.45) is 2.35. The monoisotopic (exact) mass is 498 g/mol. The molecule has 1 fully saturated rings. The number of rotatable bonds is 7. The number of carbonyl (C=O) groups excluding carboxylic acids is 1. The predicted molar refractivity (Wildman–Crippen MR) is 124 cm³/mol. The Morgan fingerprint density at radius 2 is 1.84 bits per heavy atom. The van der Waals surface area contributed by atoms with Crippen molar-refractivity contribution in [2.45, 2.75) is 36.5 Å². The Hall–Kier alpha value is -1.94. The third-order valence-electron chi connectivity index (χ3n) is 5.55. The van der Waals surface area contributed by atoms with Crippen LogP contribution in [0.1, 0.15) is 36.9 Å². The van der Waals surface area contributed by atoms with Gasteiger partial charge >= 0.3 is 0 Å². The quantitative estimate of drug-likeness (QED) is 0.632.